The Morgan fingerprint density at radius 1 is 0.327 bits per heavy atom. The number of rotatable bonds is 6. The van der Waals surface area contributed by atoms with Crippen LogP contribution in [-0.2, 0) is 0 Å². The van der Waals surface area contributed by atoms with Crippen LogP contribution in [0.2, 0.25) is 0 Å². The molecule has 0 N–H and O–H groups in total. The molecule has 0 spiro atoms. The topological polar surface area (TPSA) is 8.17 Å². The molecular weight excluding hydrogens is 629 g/mol. The smallest absolute Gasteiger partial charge is 0.0547 e. The molecule has 0 unspecified atom stereocenters. The van der Waals surface area contributed by atoms with Crippen molar-refractivity contribution in [3.05, 3.63) is 206 Å². The van der Waals surface area contributed by atoms with Gasteiger partial charge >= 0.3 is 0 Å². The van der Waals surface area contributed by atoms with Gasteiger partial charge in [0.25, 0.3) is 0 Å². The van der Waals surface area contributed by atoms with Crippen molar-refractivity contribution >= 4 is 60.4 Å². The highest BCUT2D eigenvalue weighted by atomic mass is 15.1. The average Bonchev–Trinajstić information content (AvgIpc) is 3.54. The molecule has 2 heteroatoms. The van der Waals surface area contributed by atoms with Crippen molar-refractivity contribution < 1.29 is 0 Å². The first kappa shape index (κ1) is 30.0. The number of anilines is 3. The second-order valence-electron chi connectivity index (χ2n) is 13.4. The van der Waals surface area contributed by atoms with Crippen molar-refractivity contribution in [3.8, 4) is 27.9 Å². The fraction of sp³-hybridized carbons (Fsp3) is 0. The van der Waals surface area contributed by atoms with Gasteiger partial charge in [-0.1, -0.05) is 146 Å². The molecule has 1 aromatic heterocycles. The summed E-state index contributed by atoms with van der Waals surface area (Å²) in [5, 5.41) is 7.40. The number of hydrogen-bond donors (Lipinski definition) is 0. The lowest BCUT2D eigenvalue weighted by atomic mass is 9.97. The van der Waals surface area contributed by atoms with Crippen LogP contribution < -0.4 is 4.90 Å². The Hall–Kier alpha value is -6.90. The van der Waals surface area contributed by atoms with E-state index >= 15 is 0 Å². The van der Waals surface area contributed by atoms with Gasteiger partial charge in [-0.05, 0) is 99.1 Å². The van der Waals surface area contributed by atoms with Crippen LogP contribution >= 0.6 is 0 Å². The van der Waals surface area contributed by atoms with Crippen molar-refractivity contribution in [2.45, 2.75) is 0 Å². The molecule has 0 amide bonds. The summed E-state index contributed by atoms with van der Waals surface area (Å²) in [7, 11) is 0. The number of para-hydroxylation sites is 2. The van der Waals surface area contributed by atoms with E-state index in [4.69, 9.17) is 0 Å². The van der Waals surface area contributed by atoms with Gasteiger partial charge < -0.3 is 9.47 Å². The first-order valence-electron chi connectivity index (χ1n) is 17.9. The minimum atomic E-state index is 1.11. The van der Waals surface area contributed by atoms with E-state index in [-0.39, 0.29) is 0 Å². The normalized spacial score (nSPS) is 11.5. The maximum atomic E-state index is 2.42. The lowest BCUT2D eigenvalue weighted by Gasteiger charge is -2.28. The van der Waals surface area contributed by atoms with Gasteiger partial charge in [0, 0.05) is 33.2 Å². The summed E-state index contributed by atoms with van der Waals surface area (Å²) in [4.78, 5) is 2.42. The zero-order chi connectivity index (χ0) is 34.4. The number of nitrogens with zero attached hydrogens (tertiary/aromatic N) is 2. The maximum absolute atomic E-state index is 2.42. The van der Waals surface area contributed by atoms with Crippen molar-refractivity contribution in [2.75, 3.05) is 4.90 Å². The summed E-state index contributed by atoms with van der Waals surface area (Å²) in [5.41, 5.74) is 11.7. The summed E-state index contributed by atoms with van der Waals surface area (Å²) in [6.07, 6.45) is 0. The third-order valence-electron chi connectivity index (χ3n) is 10.3. The summed E-state index contributed by atoms with van der Waals surface area (Å²) in [6.45, 7) is 0. The van der Waals surface area contributed by atoms with E-state index < -0.39 is 0 Å². The lowest BCUT2D eigenvalue weighted by Crippen LogP contribution is -2.10. The third-order valence-corrected chi connectivity index (χ3v) is 10.3. The minimum absolute atomic E-state index is 1.11. The van der Waals surface area contributed by atoms with E-state index in [1.165, 1.54) is 65.6 Å². The van der Waals surface area contributed by atoms with Crippen molar-refractivity contribution in [1.82, 2.24) is 4.57 Å². The Morgan fingerprint density at radius 2 is 0.981 bits per heavy atom. The lowest BCUT2D eigenvalue weighted by molar-refractivity contribution is 1.18. The molecule has 0 aliphatic rings. The largest absolute Gasteiger partial charge is 0.310 e. The molecule has 10 rings (SSSR count). The van der Waals surface area contributed by atoms with Gasteiger partial charge in [0.1, 0.15) is 0 Å². The fourth-order valence-corrected chi connectivity index (χ4v) is 7.92. The number of aromatic nitrogens is 1. The molecule has 0 bridgehead atoms. The monoisotopic (exact) mass is 662 g/mol. The van der Waals surface area contributed by atoms with Gasteiger partial charge in [-0.25, -0.2) is 0 Å². The van der Waals surface area contributed by atoms with Gasteiger partial charge in [0.15, 0.2) is 0 Å². The van der Waals surface area contributed by atoms with Crippen molar-refractivity contribution in [1.29, 1.82) is 0 Å². The van der Waals surface area contributed by atoms with Crippen LogP contribution in [0.1, 0.15) is 0 Å². The van der Waals surface area contributed by atoms with Crippen LogP contribution in [0.5, 0.6) is 0 Å². The molecule has 0 atom stereocenters. The molecule has 244 valence electrons. The first-order valence-corrected chi connectivity index (χ1v) is 17.9. The van der Waals surface area contributed by atoms with Crippen LogP contribution in [0, 0.1) is 0 Å². The molecule has 0 aliphatic carbocycles. The van der Waals surface area contributed by atoms with Gasteiger partial charge in [-0.3, -0.25) is 0 Å². The van der Waals surface area contributed by atoms with Gasteiger partial charge in [-0.2, -0.15) is 0 Å². The van der Waals surface area contributed by atoms with Crippen molar-refractivity contribution in [3.63, 3.8) is 0 Å². The minimum Gasteiger partial charge on any atom is -0.310 e. The standard InChI is InChI=1S/C50H34N2/c1-3-14-35(15-4-1)38-18-11-22-42(32-38)51(41-30-28-37(29-31-41)44-25-12-17-36-16-7-8-23-43(36)44)49-27-13-19-39-33-50-47(34-46(39)49)45-24-9-10-26-48(45)52(50)40-20-5-2-6-21-40/h1-34H. The molecule has 0 aliphatic heterocycles. The molecule has 0 saturated carbocycles. The van der Waals surface area contributed by atoms with Crippen molar-refractivity contribution in [2.24, 2.45) is 0 Å². The van der Waals surface area contributed by atoms with E-state index in [9.17, 15) is 0 Å². The van der Waals surface area contributed by atoms with Crippen LogP contribution in [0.25, 0.3) is 71.3 Å². The summed E-state index contributed by atoms with van der Waals surface area (Å²) in [5.74, 6) is 0. The molecule has 52 heavy (non-hydrogen) atoms. The Morgan fingerprint density at radius 3 is 1.83 bits per heavy atom. The molecule has 9 aromatic carbocycles. The molecule has 10 aromatic rings. The van der Waals surface area contributed by atoms with Gasteiger partial charge in [-0.15, -0.1) is 0 Å². The predicted octanol–water partition coefficient (Wildman–Crippen LogP) is 13.9. The Kier molecular flexibility index (Phi) is 7.18. The number of benzene rings is 9. The number of hydrogen-bond acceptors (Lipinski definition) is 1. The highest BCUT2D eigenvalue weighted by Crippen LogP contribution is 2.43. The van der Waals surface area contributed by atoms with E-state index in [0.717, 1.165) is 22.7 Å². The predicted molar refractivity (Wildman–Crippen MR) is 221 cm³/mol. The molecule has 0 saturated heterocycles. The summed E-state index contributed by atoms with van der Waals surface area (Å²) >= 11 is 0. The Labute approximate surface area is 303 Å². The zero-order valence-electron chi connectivity index (χ0n) is 28.5. The van der Waals surface area contributed by atoms with Gasteiger partial charge in [0.2, 0.25) is 0 Å². The summed E-state index contributed by atoms with van der Waals surface area (Å²) < 4.78 is 2.39. The van der Waals surface area contributed by atoms with E-state index in [2.05, 4.69) is 216 Å². The Balaban J connectivity index is 1.19. The molecule has 0 fully saturated rings. The fourth-order valence-electron chi connectivity index (χ4n) is 7.92. The quantitative estimate of drug-likeness (QED) is 0.172. The van der Waals surface area contributed by atoms with E-state index in [1.807, 2.05) is 0 Å². The third kappa shape index (κ3) is 5.04. The second kappa shape index (κ2) is 12.5. The first-order chi connectivity index (χ1) is 25.8. The maximum Gasteiger partial charge on any atom is 0.0547 e. The van der Waals surface area contributed by atoms with Crippen LogP contribution in [0.15, 0.2) is 206 Å². The van der Waals surface area contributed by atoms with Crippen LogP contribution in [0.3, 0.4) is 0 Å². The Bertz CT molecular complexity index is 2880. The highest BCUT2D eigenvalue weighted by molar-refractivity contribution is 6.16. The molecular formula is C50H34N2. The second-order valence-corrected chi connectivity index (χ2v) is 13.4. The molecule has 0 radical (unpaired) electrons. The SMILES string of the molecule is c1ccc(-c2cccc(N(c3ccc(-c4cccc5ccccc45)cc3)c3cccc4cc5c(cc34)c3ccccc3n5-c3ccccc3)c2)cc1. The van der Waals surface area contributed by atoms with Crippen LogP contribution in [-0.4, -0.2) is 4.57 Å². The number of fused-ring (bicyclic) bond motifs is 5. The average molecular weight is 663 g/mol. The van der Waals surface area contributed by atoms with Gasteiger partial charge in [0.05, 0.1) is 16.7 Å². The highest BCUT2D eigenvalue weighted by Gasteiger charge is 2.19. The van der Waals surface area contributed by atoms with Crippen LogP contribution in [0.4, 0.5) is 17.1 Å². The molecule has 1 heterocycles. The molecule has 2 nitrogen and oxygen atoms in total. The van der Waals surface area contributed by atoms with E-state index in [1.54, 1.807) is 0 Å². The van der Waals surface area contributed by atoms with E-state index in [0.29, 0.717) is 0 Å². The summed E-state index contributed by atoms with van der Waals surface area (Å²) in [6, 6.07) is 74.7. The zero-order valence-corrected chi connectivity index (χ0v) is 28.5.